The van der Waals surface area contributed by atoms with Gasteiger partial charge in [0.05, 0.1) is 0 Å². The zero-order valence-electron chi connectivity index (χ0n) is 15.3. The first-order chi connectivity index (χ1) is 12.6. The molecule has 0 radical (unpaired) electrons. The Morgan fingerprint density at radius 1 is 1.15 bits per heavy atom. The second-order valence-corrected chi connectivity index (χ2v) is 7.63. The van der Waals surface area contributed by atoms with E-state index in [1.165, 1.54) is 12.1 Å². The number of hydrogen-bond acceptors (Lipinski definition) is 3. The molecule has 1 aromatic carbocycles. The van der Waals surface area contributed by atoms with Gasteiger partial charge in [-0.3, -0.25) is 9.69 Å². The van der Waals surface area contributed by atoms with Gasteiger partial charge in [-0.25, -0.2) is 4.39 Å². The molecule has 3 N–H and O–H groups in total. The molecule has 2 aromatic rings. The van der Waals surface area contributed by atoms with E-state index in [-0.39, 0.29) is 17.8 Å². The first-order valence-corrected chi connectivity index (χ1v) is 9.64. The van der Waals surface area contributed by atoms with Gasteiger partial charge in [-0.15, -0.1) is 0 Å². The number of benzene rings is 1. The first kappa shape index (κ1) is 17.5. The summed E-state index contributed by atoms with van der Waals surface area (Å²) in [6.45, 7) is 6.28. The van der Waals surface area contributed by atoms with Crippen LogP contribution in [0.2, 0.25) is 0 Å². The molecule has 2 fully saturated rings. The van der Waals surface area contributed by atoms with Crippen LogP contribution in [0.4, 0.5) is 4.39 Å². The molecule has 2 aliphatic rings. The number of fused-ring (bicyclic) bond motifs is 1. The number of piperazine rings is 1. The zero-order chi connectivity index (χ0) is 18.1. The molecule has 6 heteroatoms. The van der Waals surface area contributed by atoms with Crippen molar-refractivity contribution in [1.82, 2.24) is 20.5 Å². The number of carbonyl (C=O) groups excluding carboxylic acids is 1. The Balaban J connectivity index is 1.36. The van der Waals surface area contributed by atoms with Gasteiger partial charge in [0.25, 0.3) is 5.91 Å². The molecule has 0 unspecified atom stereocenters. The van der Waals surface area contributed by atoms with Crippen molar-refractivity contribution in [1.29, 1.82) is 0 Å². The molecule has 2 heterocycles. The summed E-state index contributed by atoms with van der Waals surface area (Å²) in [5.74, 6) is -0.373. The molecule has 1 saturated carbocycles. The molecule has 0 spiro atoms. The zero-order valence-corrected chi connectivity index (χ0v) is 15.3. The summed E-state index contributed by atoms with van der Waals surface area (Å²) in [6, 6.07) is 5.65. The van der Waals surface area contributed by atoms with E-state index in [2.05, 4.69) is 20.5 Å². The quantitative estimate of drug-likeness (QED) is 0.790. The number of nitrogens with one attached hydrogen (secondary N) is 3. The second-order valence-electron chi connectivity index (χ2n) is 7.63. The van der Waals surface area contributed by atoms with E-state index in [9.17, 15) is 9.18 Å². The minimum Gasteiger partial charge on any atom is -0.350 e. The third-order valence-electron chi connectivity index (χ3n) is 5.85. The van der Waals surface area contributed by atoms with Gasteiger partial charge in [0.2, 0.25) is 0 Å². The number of aryl methyl sites for hydroxylation is 1. The van der Waals surface area contributed by atoms with Gasteiger partial charge in [0.15, 0.2) is 0 Å². The lowest BCUT2D eigenvalue weighted by atomic mass is 9.89. The fourth-order valence-corrected chi connectivity index (χ4v) is 4.39. The summed E-state index contributed by atoms with van der Waals surface area (Å²) in [4.78, 5) is 18.3. The van der Waals surface area contributed by atoms with Crippen LogP contribution >= 0.6 is 0 Å². The monoisotopic (exact) mass is 358 g/mol. The van der Waals surface area contributed by atoms with Gasteiger partial charge < -0.3 is 15.6 Å². The van der Waals surface area contributed by atoms with E-state index in [1.54, 1.807) is 0 Å². The highest BCUT2D eigenvalue weighted by atomic mass is 19.1. The van der Waals surface area contributed by atoms with E-state index in [0.717, 1.165) is 62.8 Å². The molecule has 140 valence electrons. The lowest BCUT2D eigenvalue weighted by Crippen LogP contribution is -2.50. The highest BCUT2D eigenvalue weighted by molar-refractivity contribution is 5.98. The molecule has 4 rings (SSSR count). The SMILES string of the molecule is Cc1cc(F)cc2[nH]c(C(=O)NC3CCC(N4CCNCC4)CC3)cc12. The minimum atomic E-state index is -0.282. The van der Waals surface area contributed by atoms with Crippen LogP contribution in [-0.2, 0) is 0 Å². The highest BCUT2D eigenvalue weighted by Gasteiger charge is 2.27. The molecule has 0 atom stereocenters. The van der Waals surface area contributed by atoms with Crippen molar-refractivity contribution in [3.8, 4) is 0 Å². The van der Waals surface area contributed by atoms with Crippen LogP contribution in [-0.4, -0.2) is 54.1 Å². The van der Waals surface area contributed by atoms with Gasteiger partial charge >= 0.3 is 0 Å². The lowest BCUT2D eigenvalue weighted by Gasteiger charge is -2.39. The number of amides is 1. The van der Waals surface area contributed by atoms with Crippen molar-refractivity contribution >= 4 is 16.8 Å². The maximum absolute atomic E-state index is 13.5. The summed E-state index contributed by atoms with van der Waals surface area (Å²) >= 11 is 0. The largest absolute Gasteiger partial charge is 0.350 e. The van der Waals surface area contributed by atoms with Crippen molar-refractivity contribution in [2.45, 2.75) is 44.7 Å². The average molecular weight is 358 g/mol. The predicted octanol–water partition coefficient (Wildman–Crippen LogP) is 2.56. The number of carbonyl (C=O) groups is 1. The smallest absolute Gasteiger partial charge is 0.267 e. The van der Waals surface area contributed by atoms with Crippen molar-refractivity contribution in [3.05, 3.63) is 35.3 Å². The van der Waals surface area contributed by atoms with E-state index in [0.29, 0.717) is 17.3 Å². The fourth-order valence-electron chi connectivity index (χ4n) is 4.39. The highest BCUT2D eigenvalue weighted by Crippen LogP contribution is 2.25. The summed E-state index contributed by atoms with van der Waals surface area (Å²) in [5.41, 5.74) is 2.03. The molecule has 0 bridgehead atoms. The van der Waals surface area contributed by atoms with Crippen molar-refractivity contribution < 1.29 is 9.18 Å². The molecular formula is C20H27FN4O. The maximum atomic E-state index is 13.5. The Bertz CT molecular complexity index is 788. The number of aromatic nitrogens is 1. The summed E-state index contributed by atoms with van der Waals surface area (Å²) in [6.07, 6.45) is 4.33. The van der Waals surface area contributed by atoms with E-state index in [4.69, 9.17) is 0 Å². The van der Waals surface area contributed by atoms with E-state index in [1.807, 2.05) is 13.0 Å². The summed E-state index contributed by atoms with van der Waals surface area (Å²) in [5, 5.41) is 7.46. The Morgan fingerprint density at radius 2 is 1.88 bits per heavy atom. The fraction of sp³-hybridized carbons (Fsp3) is 0.550. The molecule has 5 nitrogen and oxygen atoms in total. The van der Waals surface area contributed by atoms with Gasteiger partial charge in [0.1, 0.15) is 11.5 Å². The standard InChI is InChI=1S/C20H27FN4O/c1-13-10-14(21)11-18-17(13)12-19(24-18)20(26)23-15-2-4-16(5-3-15)25-8-6-22-7-9-25/h10-12,15-16,22,24H,2-9H2,1H3,(H,23,26). The third-order valence-corrected chi connectivity index (χ3v) is 5.85. The van der Waals surface area contributed by atoms with Gasteiger partial charge in [-0.2, -0.15) is 0 Å². The van der Waals surface area contributed by atoms with Gasteiger partial charge in [-0.05, 0) is 56.4 Å². The molecule has 1 aliphatic carbocycles. The van der Waals surface area contributed by atoms with Crippen LogP contribution in [0.1, 0.15) is 41.7 Å². The average Bonchev–Trinajstić information content (AvgIpc) is 3.08. The van der Waals surface area contributed by atoms with Crippen molar-refractivity contribution in [2.24, 2.45) is 0 Å². The van der Waals surface area contributed by atoms with Crippen molar-refractivity contribution in [3.63, 3.8) is 0 Å². The number of halogens is 1. The topological polar surface area (TPSA) is 60.2 Å². The molecule has 26 heavy (non-hydrogen) atoms. The Kier molecular flexibility index (Phi) is 4.96. The minimum absolute atomic E-state index is 0.0911. The molecule has 1 amide bonds. The third kappa shape index (κ3) is 3.62. The number of rotatable bonds is 3. The lowest BCUT2D eigenvalue weighted by molar-refractivity contribution is 0.0890. The van der Waals surface area contributed by atoms with E-state index >= 15 is 0 Å². The number of aromatic amines is 1. The van der Waals surface area contributed by atoms with Crippen LogP contribution in [0, 0.1) is 12.7 Å². The van der Waals surface area contributed by atoms with Gasteiger partial charge in [0, 0.05) is 49.2 Å². The summed E-state index contributed by atoms with van der Waals surface area (Å²) < 4.78 is 13.5. The normalized spacial score (nSPS) is 24.7. The molecule has 1 aliphatic heterocycles. The van der Waals surface area contributed by atoms with Crippen LogP contribution in [0.15, 0.2) is 18.2 Å². The van der Waals surface area contributed by atoms with Crippen LogP contribution in [0.5, 0.6) is 0 Å². The second kappa shape index (κ2) is 7.37. The van der Waals surface area contributed by atoms with Crippen LogP contribution < -0.4 is 10.6 Å². The molecular weight excluding hydrogens is 331 g/mol. The molecule has 1 saturated heterocycles. The Morgan fingerprint density at radius 3 is 2.62 bits per heavy atom. The first-order valence-electron chi connectivity index (χ1n) is 9.64. The summed E-state index contributed by atoms with van der Waals surface area (Å²) in [7, 11) is 0. The van der Waals surface area contributed by atoms with Crippen molar-refractivity contribution in [2.75, 3.05) is 26.2 Å². The van der Waals surface area contributed by atoms with E-state index < -0.39 is 0 Å². The van der Waals surface area contributed by atoms with Crippen LogP contribution in [0.3, 0.4) is 0 Å². The number of hydrogen-bond donors (Lipinski definition) is 3. The predicted molar refractivity (Wildman–Crippen MR) is 101 cm³/mol. The van der Waals surface area contributed by atoms with Gasteiger partial charge in [-0.1, -0.05) is 0 Å². The number of H-pyrrole nitrogens is 1. The Labute approximate surface area is 153 Å². The molecule has 1 aromatic heterocycles. The Hall–Kier alpha value is -1.92. The van der Waals surface area contributed by atoms with Crippen LogP contribution in [0.25, 0.3) is 10.9 Å². The maximum Gasteiger partial charge on any atom is 0.267 e. The number of nitrogens with zero attached hydrogens (tertiary/aromatic N) is 1.